The van der Waals surface area contributed by atoms with Crippen molar-refractivity contribution in [3.8, 4) is 5.75 Å². The van der Waals surface area contributed by atoms with Crippen LogP contribution in [0.25, 0.3) is 0 Å². The molecule has 29 heavy (non-hydrogen) atoms. The van der Waals surface area contributed by atoms with Crippen LogP contribution in [0.4, 0.5) is 11.4 Å². The number of hydrogen-bond donors (Lipinski definition) is 1. The lowest BCUT2D eigenvalue weighted by Gasteiger charge is -2.35. The molecule has 156 valence electrons. The van der Waals surface area contributed by atoms with Gasteiger partial charge >= 0.3 is 0 Å². The summed E-state index contributed by atoms with van der Waals surface area (Å²) in [4.78, 5) is 17.2. The normalized spacial score (nSPS) is 14.9. The molecular formula is C24H33N3O2. The Morgan fingerprint density at radius 1 is 1.03 bits per heavy atom. The van der Waals surface area contributed by atoms with E-state index in [-0.39, 0.29) is 12.5 Å². The zero-order valence-electron chi connectivity index (χ0n) is 18.3. The zero-order chi connectivity index (χ0) is 21.0. The van der Waals surface area contributed by atoms with Crippen LogP contribution in [0.2, 0.25) is 0 Å². The van der Waals surface area contributed by atoms with Gasteiger partial charge in [-0.3, -0.25) is 4.79 Å². The Labute approximate surface area is 174 Å². The number of nitrogens with one attached hydrogen (secondary N) is 1. The van der Waals surface area contributed by atoms with Crippen molar-refractivity contribution in [3.05, 3.63) is 53.1 Å². The molecule has 1 N–H and O–H groups in total. The monoisotopic (exact) mass is 395 g/mol. The van der Waals surface area contributed by atoms with Crippen molar-refractivity contribution in [1.29, 1.82) is 0 Å². The van der Waals surface area contributed by atoms with Gasteiger partial charge < -0.3 is 19.9 Å². The minimum atomic E-state index is -0.147. The van der Waals surface area contributed by atoms with Gasteiger partial charge in [0.1, 0.15) is 5.75 Å². The third kappa shape index (κ3) is 5.51. The molecule has 1 fully saturated rings. The largest absolute Gasteiger partial charge is 0.483 e. The Hall–Kier alpha value is -2.53. The summed E-state index contributed by atoms with van der Waals surface area (Å²) in [5.41, 5.74) is 5.47. The summed E-state index contributed by atoms with van der Waals surface area (Å²) in [6.45, 7) is 12.6. The lowest BCUT2D eigenvalue weighted by atomic mass is 10.0. The maximum Gasteiger partial charge on any atom is 0.262 e. The second-order valence-corrected chi connectivity index (χ2v) is 8.31. The van der Waals surface area contributed by atoms with Crippen molar-refractivity contribution < 1.29 is 9.53 Å². The van der Waals surface area contributed by atoms with Crippen molar-refractivity contribution in [1.82, 2.24) is 4.90 Å². The van der Waals surface area contributed by atoms with Gasteiger partial charge in [0, 0.05) is 37.6 Å². The van der Waals surface area contributed by atoms with E-state index in [9.17, 15) is 4.79 Å². The van der Waals surface area contributed by atoms with E-state index in [1.165, 1.54) is 16.8 Å². The summed E-state index contributed by atoms with van der Waals surface area (Å²) < 4.78 is 5.80. The molecule has 1 aliphatic rings. The molecule has 1 heterocycles. The maximum absolute atomic E-state index is 12.4. The van der Waals surface area contributed by atoms with Crippen molar-refractivity contribution in [2.45, 2.75) is 33.6 Å². The molecule has 3 rings (SSSR count). The number of benzene rings is 2. The molecule has 2 aromatic rings. The fourth-order valence-electron chi connectivity index (χ4n) is 3.61. The summed E-state index contributed by atoms with van der Waals surface area (Å²) in [7, 11) is 2.16. The zero-order valence-corrected chi connectivity index (χ0v) is 18.3. The van der Waals surface area contributed by atoms with E-state index in [1.807, 2.05) is 31.2 Å². The molecule has 1 amide bonds. The summed E-state index contributed by atoms with van der Waals surface area (Å²) in [6.07, 6.45) is 0. The number of likely N-dealkylation sites (N-methyl/N-ethyl adjacent to an activating group) is 1. The van der Waals surface area contributed by atoms with E-state index in [0.717, 1.165) is 43.2 Å². The van der Waals surface area contributed by atoms with Crippen LogP contribution in [0.15, 0.2) is 36.4 Å². The van der Waals surface area contributed by atoms with E-state index in [1.54, 1.807) is 0 Å². The van der Waals surface area contributed by atoms with E-state index in [0.29, 0.717) is 5.92 Å². The fraction of sp³-hybridized carbons (Fsp3) is 0.458. The highest BCUT2D eigenvalue weighted by molar-refractivity contribution is 5.92. The van der Waals surface area contributed by atoms with Crippen LogP contribution in [0.1, 0.15) is 36.5 Å². The molecule has 5 nitrogen and oxygen atoms in total. The van der Waals surface area contributed by atoms with Gasteiger partial charge in [0.25, 0.3) is 5.91 Å². The molecule has 1 aliphatic heterocycles. The number of rotatable bonds is 6. The number of hydrogen-bond acceptors (Lipinski definition) is 4. The van der Waals surface area contributed by atoms with Gasteiger partial charge in [-0.2, -0.15) is 0 Å². The molecule has 0 radical (unpaired) electrons. The SMILES string of the molecule is Cc1ccc(C(C)C)cc1OCC(=O)Nc1ccc(N2CCN(C)CC2)c(C)c1. The van der Waals surface area contributed by atoms with E-state index < -0.39 is 0 Å². The average molecular weight is 396 g/mol. The number of amides is 1. The van der Waals surface area contributed by atoms with Crippen LogP contribution in [-0.4, -0.2) is 50.6 Å². The van der Waals surface area contributed by atoms with Gasteiger partial charge in [-0.05, 0) is 67.8 Å². The molecule has 1 saturated heterocycles. The first-order valence-corrected chi connectivity index (χ1v) is 10.4. The highest BCUT2D eigenvalue weighted by atomic mass is 16.5. The number of ether oxygens (including phenoxy) is 1. The van der Waals surface area contributed by atoms with Crippen LogP contribution in [0.3, 0.4) is 0 Å². The first-order chi connectivity index (χ1) is 13.8. The molecule has 0 saturated carbocycles. The predicted octanol–water partition coefficient (Wildman–Crippen LogP) is 4.20. The summed E-state index contributed by atoms with van der Waals surface area (Å²) in [5, 5.41) is 2.96. The third-order valence-electron chi connectivity index (χ3n) is 5.56. The lowest BCUT2D eigenvalue weighted by molar-refractivity contribution is -0.118. The number of carbonyl (C=O) groups excluding carboxylic acids is 1. The van der Waals surface area contributed by atoms with E-state index in [2.05, 4.69) is 55.1 Å². The van der Waals surface area contributed by atoms with Gasteiger partial charge in [0.05, 0.1) is 0 Å². The van der Waals surface area contributed by atoms with Crippen LogP contribution >= 0.6 is 0 Å². The smallest absolute Gasteiger partial charge is 0.262 e. The molecule has 0 atom stereocenters. The number of anilines is 2. The van der Waals surface area contributed by atoms with Crippen LogP contribution in [-0.2, 0) is 4.79 Å². The minimum Gasteiger partial charge on any atom is -0.483 e. The molecule has 2 aromatic carbocycles. The minimum absolute atomic E-state index is 0.00163. The van der Waals surface area contributed by atoms with Crippen LogP contribution < -0.4 is 15.0 Å². The highest BCUT2D eigenvalue weighted by Gasteiger charge is 2.16. The Balaban J connectivity index is 1.58. The summed E-state index contributed by atoms with van der Waals surface area (Å²) in [6, 6.07) is 12.3. The second kappa shape index (κ2) is 9.31. The van der Waals surface area contributed by atoms with Crippen molar-refractivity contribution in [2.75, 3.05) is 50.1 Å². The number of nitrogens with zero attached hydrogens (tertiary/aromatic N) is 2. The summed E-state index contributed by atoms with van der Waals surface area (Å²) in [5.74, 6) is 1.05. The topological polar surface area (TPSA) is 44.8 Å². The number of aryl methyl sites for hydroxylation is 2. The predicted molar refractivity (Wildman–Crippen MR) is 120 cm³/mol. The molecule has 0 bridgehead atoms. The Morgan fingerprint density at radius 2 is 1.76 bits per heavy atom. The Bertz CT molecular complexity index is 855. The van der Waals surface area contributed by atoms with Gasteiger partial charge in [-0.15, -0.1) is 0 Å². The molecule has 0 unspecified atom stereocenters. The van der Waals surface area contributed by atoms with Gasteiger partial charge in [0.2, 0.25) is 0 Å². The number of carbonyl (C=O) groups is 1. The Morgan fingerprint density at radius 3 is 2.41 bits per heavy atom. The van der Waals surface area contributed by atoms with Crippen molar-refractivity contribution in [3.63, 3.8) is 0 Å². The van der Waals surface area contributed by atoms with Gasteiger partial charge in [-0.1, -0.05) is 26.0 Å². The van der Waals surface area contributed by atoms with E-state index >= 15 is 0 Å². The first-order valence-electron chi connectivity index (χ1n) is 10.4. The molecule has 5 heteroatoms. The average Bonchev–Trinajstić information content (AvgIpc) is 2.68. The van der Waals surface area contributed by atoms with Gasteiger partial charge in [0.15, 0.2) is 6.61 Å². The fourth-order valence-corrected chi connectivity index (χ4v) is 3.61. The molecule has 0 aromatic heterocycles. The first kappa shape index (κ1) is 21.2. The third-order valence-corrected chi connectivity index (χ3v) is 5.56. The summed E-state index contributed by atoms with van der Waals surface area (Å²) >= 11 is 0. The second-order valence-electron chi connectivity index (χ2n) is 8.31. The van der Waals surface area contributed by atoms with Gasteiger partial charge in [-0.25, -0.2) is 0 Å². The number of piperazine rings is 1. The molecule has 0 aliphatic carbocycles. The molecule has 0 spiro atoms. The Kier molecular flexibility index (Phi) is 6.80. The molecular weight excluding hydrogens is 362 g/mol. The van der Waals surface area contributed by atoms with Crippen LogP contribution in [0.5, 0.6) is 5.75 Å². The van der Waals surface area contributed by atoms with Crippen molar-refractivity contribution >= 4 is 17.3 Å². The maximum atomic E-state index is 12.4. The van der Waals surface area contributed by atoms with Crippen LogP contribution in [0, 0.1) is 13.8 Å². The van der Waals surface area contributed by atoms with E-state index in [4.69, 9.17) is 4.74 Å². The standard InChI is InChI=1S/C24H33N3O2/c1-17(2)20-7-6-18(3)23(15-20)29-16-24(28)25-21-8-9-22(19(4)14-21)27-12-10-26(5)11-13-27/h6-9,14-15,17H,10-13,16H2,1-5H3,(H,25,28). The quantitative estimate of drug-likeness (QED) is 0.796. The van der Waals surface area contributed by atoms with Crippen molar-refractivity contribution in [2.24, 2.45) is 0 Å². The lowest BCUT2D eigenvalue weighted by Crippen LogP contribution is -2.44. The highest BCUT2D eigenvalue weighted by Crippen LogP contribution is 2.26.